The predicted molar refractivity (Wildman–Crippen MR) is 64.7 cm³/mol. The molecule has 17 heavy (non-hydrogen) atoms. The van der Waals surface area contributed by atoms with E-state index < -0.39 is 12.1 Å². The van der Waals surface area contributed by atoms with Gasteiger partial charge in [0.25, 0.3) is 0 Å². The van der Waals surface area contributed by atoms with Crippen LogP contribution >= 0.6 is 0 Å². The molecule has 0 bridgehead atoms. The summed E-state index contributed by atoms with van der Waals surface area (Å²) in [6.07, 6.45) is 2.32. The molecule has 0 amide bonds. The van der Waals surface area contributed by atoms with Crippen molar-refractivity contribution in [3.8, 4) is 5.75 Å². The molecule has 0 heterocycles. The van der Waals surface area contributed by atoms with E-state index in [9.17, 15) is 4.79 Å². The lowest BCUT2D eigenvalue weighted by molar-refractivity contribution is -0.140. The van der Waals surface area contributed by atoms with Crippen LogP contribution in [0.4, 0.5) is 0 Å². The number of esters is 1. The maximum absolute atomic E-state index is 11.2. The van der Waals surface area contributed by atoms with Crippen LogP contribution in [-0.2, 0) is 9.53 Å². The van der Waals surface area contributed by atoms with E-state index in [1.165, 1.54) is 6.08 Å². The summed E-state index contributed by atoms with van der Waals surface area (Å²) in [6.45, 7) is 1.56. The van der Waals surface area contributed by atoms with Crippen molar-refractivity contribution in [3.05, 3.63) is 35.9 Å². The zero-order valence-corrected chi connectivity index (χ0v) is 9.92. The molecule has 0 saturated carbocycles. The van der Waals surface area contributed by atoms with Crippen LogP contribution < -0.4 is 4.74 Å². The molecule has 1 aromatic carbocycles. The molecular weight excluding hydrogens is 220 g/mol. The van der Waals surface area contributed by atoms with Gasteiger partial charge in [-0.05, 0) is 30.7 Å². The predicted octanol–water partition coefficient (Wildman–Crippen LogP) is 1.63. The topological polar surface area (TPSA) is 55.8 Å². The highest BCUT2D eigenvalue weighted by Crippen LogP contribution is 2.12. The van der Waals surface area contributed by atoms with Gasteiger partial charge < -0.3 is 14.6 Å². The Morgan fingerprint density at radius 1 is 1.41 bits per heavy atom. The Kier molecular flexibility index (Phi) is 5.23. The molecule has 1 N–H and O–H groups in total. The number of aliphatic hydroxyl groups is 1. The van der Waals surface area contributed by atoms with Crippen molar-refractivity contribution in [1.82, 2.24) is 0 Å². The molecule has 0 aliphatic heterocycles. The molecule has 0 saturated heterocycles. The first kappa shape index (κ1) is 13.3. The fourth-order valence-corrected chi connectivity index (χ4v) is 1.13. The quantitative estimate of drug-likeness (QED) is 0.623. The lowest BCUT2D eigenvalue weighted by atomic mass is 10.2. The van der Waals surface area contributed by atoms with Gasteiger partial charge in [-0.15, -0.1) is 0 Å². The van der Waals surface area contributed by atoms with Crippen LogP contribution in [0.25, 0.3) is 6.08 Å². The number of hydrogen-bond donors (Lipinski definition) is 1. The summed E-state index contributed by atoms with van der Waals surface area (Å²) in [4.78, 5) is 11.2. The summed E-state index contributed by atoms with van der Waals surface area (Å²) >= 11 is 0. The molecule has 4 heteroatoms. The number of carbonyl (C=O) groups excluding carboxylic acids is 1. The standard InChI is InChI=1S/C13H16O4/c1-10(14)9-17-13(15)8-5-11-3-6-12(16-2)7-4-11/h3-8,10,14H,9H2,1-2H3/b8-5+. The average molecular weight is 236 g/mol. The lowest BCUT2D eigenvalue weighted by Gasteiger charge is -2.03. The van der Waals surface area contributed by atoms with Crippen LogP contribution in [0.2, 0.25) is 0 Å². The number of ether oxygens (including phenoxy) is 2. The molecule has 1 atom stereocenters. The average Bonchev–Trinajstić information content (AvgIpc) is 2.34. The molecule has 92 valence electrons. The number of benzene rings is 1. The minimum Gasteiger partial charge on any atom is -0.497 e. The Morgan fingerprint density at radius 3 is 2.59 bits per heavy atom. The molecule has 0 radical (unpaired) electrons. The second kappa shape index (κ2) is 6.70. The number of hydrogen-bond acceptors (Lipinski definition) is 4. The molecule has 1 unspecified atom stereocenters. The van der Waals surface area contributed by atoms with Gasteiger partial charge >= 0.3 is 5.97 Å². The van der Waals surface area contributed by atoms with Crippen LogP contribution in [0.5, 0.6) is 5.75 Å². The number of aliphatic hydroxyl groups excluding tert-OH is 1. The first-order chi connectivity index (χ1) is 8.11. The summed E-state index contributed by atoms with van der Waals surface area (Å²) in [6, 6.07) is 7.27. The highest BCUT2D eigenvalue weighted by Gasteiger charge is 2.00. The molecule has 0 aromatic heterocycles. The first-order valence-electron chi connectivity index (χ1n) is 5.29. The van der Waals surface area contributed by atoms with E-state index in [2.05, 4.69) is 0 Å². The summed E-state index contributed by atoms with van der Waals surface area (Å²) in [5.41, 5.74) is 0.875. The SMILES string of the molecule is COc1ccc(/C=C/C(=O)OCC(C)O)cc1. The van der Waals surface area contributed by atoms with E-state index in [-0.39, 0.29) is 6.61 Å². The highest BCUT2D eigenvalue weighted by molar-refractivity contribution is 5.87. The van der Waals surface area contributed by atoms with E-state index in [4.69, 9.17) is 14.6 Å². The Balaban J connectivity index is 2.49. The third-order valence-electron chi connectivity index (χ3n) is 1.99. The normalized spacial score (nSPS) is 12.4. The van der Waals surface area contributed by atoms with Gasteiger partial charge in [0, 0.05) is 6.08 Å². The minimum atomic E-state index is -0.645. The van der Waals surface area contributed by atoms with Gasteiger partial charge in [0.2, 0.25) is 0 Å². The second-order valence-corrected chi connectivity index (χ2v) is 3.59. The Bertz CT molecular complexity index is 379. The smallest absolute Gasteiger partial charge is 0.330 e. The third-order valence-corrected chi connectivity index (χ3v) is 1.99. The molecule has 4 nitrogen and oxygen atoms in total. The van der Waals surface area contributed by atoms with Crippen LogP contribution in [0.3, 0.4) is 0 Å². The van der Waals surface area contributed by atoms with E-state index >= 15 is 0 Å². The molecule has 0 aliphatic carbocycles. The second-order valence-electron chi connectivity index (χ2n) is 3.59. The van der Waals surface area contributed by atoms with Crippen molar-refractivity contribution in [2.75, 3.05) is 13.7 Å². The third kappa shape index (κ3) is 5.17. The molecule has 0 spiro atoms. The first-order valence-corrected chi connectivity index (χ1v) is 5.29. The van der Waals surface area contributed by atoms with Gasteiger partial charge in [0.05, 0.1) is 13.2 Å². The number of carbonyl (C=O) groups is 1. The van der Waals surface area contributed by atoms with Crippen LogP contribution in [0, 0.1) is 0 Å². The van der Waals surface area contributed by atoms with Gasteiger partial charge in [0.15, 0.2) is 0 Å². The Morgan fingerprint density at radius 2 is 2.06 bits per heavy atom. The molecule has 1 aromatic rings. The van der Waals surface area contributed by atoms with Crippen molar-refractivity contribution in [3.63, 3.8) is 0 Å². The molecule has 1 rings (SSSR count). The summed E-state index contributed by atoms with van der Waals surface area (Å²) in [5.74, 6) is 0.292. The maximum Gasteiger partial charge on any atom is 0.330 e. The maximum atomic E-state index is 11.2. The number of methoxy groups -OCH3 is 1. The van der Waals surface area contributed by atoms with Gasteiger partial charge in [0.1, 0.15) is 12.4 Å². The van der Waals surface area contributed by atoms with Gasteiger partial charge in [-0.1, -0.05) is 12.1 Å². The molecule has 0 aliphatic rings. The summed E-state index contributed by atoms with van der Waals surface area (Å²) in [5, 5.41) is 8.93. The van der Waals surface area contributed by atoms with Crippen molar-refractivity contribution in [2.45, 2.75) is 13.0 Å². The van der Waals surface area contributed by atoms with E-state index in [0.717, 1.165) is 11.3 Å². The summed E-state index contributed by atoms with van der Waals surface area (Å²) in [7, 11) is 1.60. The van der Waals surface area contributed by atoms with Gasteiger partial charge in [-0.25, -0.2) is 4.79 Å². The Hall–Kier alpha value is -1.81. The van der Waals surface area contributed by atoms with Crippen LogP contribution in [0.1, 0.15) is 12.5 Å². The summed E-state index contributed by atoms with van der Waals surface area (Å²) < 4.78 is 9.79. The zero-order chi connectivity index (χ0) is 12.7. The van der Waals surface area contributed by atoms with Crippen molar-refractivity contribution in [2.24, 2.45) is 0 Å². The fourth-order valence-electron chi connectivity index (χ4n) is 1.13. The van der Waals surface area contributed by atoms with E-state index in [1.807, 2.05) is 12.1 Å². The monoisotopic (exact) mass is 236 g/mol. The minimum absolute atomic E-state index is 0.00574. The van der Waals surface area contributed by atoms with Crippen LogP contribution in [0.15, 0.2) is 30.3 Å². The van der Waals surface area contributed by atoms with E-state index in [0.29, 0.717) is 0 Å². The van der Waals surface area contributed by atoms with Crippen LogP contribution in [-0.4, -0.2) is 30.9 Å². The van der Waals surface area contributed by atoms with Gasteiger partial charge in [-0.3, -0.25) is 0 Å². The lowest BCUT2D eigenvalue weighted by Crippen LogP contribution is -2.13. The van der Waals surface area contributed by atoms with E-state index in [1.54, 1.807) is 32.2 Å². The molecule has 0 fully saturated rings. The van der Waals surface area contributed by atoms with Crippen molar-refractivity contribution in [1.29, 1.82) is 0 Å². The molecular formula is C13H16O4. The largest absolute Gasteiger partial charge is 0.497 e. The Labute approximate surface area is 100 Å². The van der Waals surface area contributed by atoms with Crippen molar-refractivity contribution >= 4 is 12.0 Å². The highest BCUT2D eigenvalue weighted by atomic mass is 16.5. The van der Waals surface area contributed by atoms with Gasteiger partial charge in [-0.2, -0.15) is 0 Å². The number of rotatable bonds is 5. The van der Waals surface area contributed by atoms with Crippen molar-refractivity contribution < 1.29 is 19.4 Å². The fraction of sp³-hybridized carbons (Fsp3) is 0.308. The zero-order valence-electron chi connectivity index (χ0n) is 9.92.